The molecule has 1 fully saturated rings. The average Bonchev–Trinajstić information content (AvgIpc) is 2.95. The van der Waals surface area contributed by atoms with Gasteiger partial charge in [-0.15, -0.1) is 0 Å². The molecule has 8 nitrogen and oxygen atoms in total. The third-order valence-electron chi connectivity index (χ3n) is 5.41. The van der Waals surface area contributed by atoms with E-state index in [1.54, 1.807) is 30.7 Å². The predicted octanol–water partition coefficient (Wildman–Crippen LogP) is 2.53. The number of amides is 1. The van der Waals surface area contributed by atoms with Gasteiger partial charge in [0.15, 0.2) is 0 Å². The molecule has 1 aromatic heterocycles. The molecule has 0 radical (unpaired) electrons. The molecule has 0 bridgehead atoms. The first-order valence-corrected chi connectivity index (χ1v) is 9.89. The fraction of sp³-hybridized carbons (Fsp3) is 0.368. The highest BCUT2D eigenvalue weighted by Crippen LogP contribution is 2.50. The van der Waals surface area contributed by atoms with Crippen LogP contribution in [-0.2, 0) is 23.1 Å². The summed E-state index contributed by atoms with van der Waals surface area (Å²) in [5.74, 6) is -2.48. The molecule has 4 rings (SSSR count). The number of anilines is 1. The number of aryl methyl sites for hydroxylation is 1. The first kappa shape index (κ1) is 19.7. The molecule has 10 heteroatoms. The van der Waals surface area contributed by atoms with Crippen LogP contribution < -0.4 is 5.32 Å². The second kappa shape index (κ2) is 7.68. The van der Waals surface area contributed by atoms with Crippen molar-refractivity contribution in [2.75, 3.05) is 18.4 Å². The molecule has 0 saturated heterocycles. The summed E-state index contributed by atoms with van der Waals surface area (Å²) in [5, 5.41) is 13.4. The molecule has 3 atom stereocenters. The van der Waals surface area contributed by atoms with Gasteiger partial charge in [0.05, 0.1) is 40.4 Å². The highest BCUT2D eigenvalue weighted by Gasteiger charge is 2.60. The van der Waals surface area contributed by atoms with Crippen molar-refractivity contribution in [3.63, 3.8) is 0 Å². The molecule has 2 aliphatic rings. The van der Waals surface area contributed by atoms with Gasteiger partial charge in [-0.2, -0.15) is 0 Å². The molecule has 2 N–H and O–H groups in total. The first-order chi connectivity index (χ1) is 13.9. The summed E-state index contributed by atoms with van der Waals surface area (Å²) in [7, 11) is 1.85. The number of aliphatic imine (C=N–C) groups is 1. The fourth-order valence-electron chi connectivity index (χ4n) is 3.80. The van der Waals surface area contributed by atoms with Gasteiger partial charge in [-0.3, -0.25) is 19.5 Å². The van der Waals surface area contributed by atoms with Crippen molar-refractivity contribution >= 4 is 46.7 Å². The van der Waals surface area contributed by atoms with E-state index in [0.29, 0.717) is 41.2 Å². The van der Waals surface area contributed by atoms with E-state index < -0.39 is 17.8 Å². The van der Waals surface area contributed by atoms with Gasteiger partial charge in [0.25, 0.3) is 0 Å². The van der Waals surface area contributed by atoms with Crippen LogP contribution in [0.1, 0.15) is 5.69 Å². The number of nitrogens with one attached hydrogen (secondary N) is 1. The SMILES string of the molecule is Cn1cncc1CC1C(C(=O)O)C1C(=O)N1CCN=C1Nc1c(Cl)cccc1Cl. The Bertz CT molecular complexity index is 985. The van der Waals surface area contributed by atoms with Crippen LogP contribution in [-0.4, -0.2) is 50.5 Å². The number of carboxylic acids is 1. The van der Waals surface area contributed by atoms with Gasteiger partial charge in [0, 0.05) is 25.5 Å². The summed E-state index contributed by atoms with van der Waals surface area (Å²) in [6, 6.07) is 5.09. The van der Waals surface area contributed by atoms with E-state index in [2.05, 4.69) is 15.3 Å². The van der Waals surface area contributed by atoms with Gasteiger partial charge >= 0.3 is 5.97 Å². The summed E-state index contributed by atoms with van der Waals surface area (Å²) in [6.07, 6.45) is 3.84. The van der Waals surface area contributed by atoms with E-state index in [-0.39, 0.29) is 11.8 Å². The quantitative estimate of drug-likeness (QED) is 0.751. The lowest BCUT2D eigenvalue weighted by Crippen LogP contribution is -2.40. The highest BCUT2D eigenvalue weighted by atomic mass is 35.5. The lowest BCUT2D eigenvalue weighted by molar-refractivity contribution is -0.141. The van der Waals surface area contributed by atoms with Crippen molar-refractivity contribution in [1.82, 2.24) is 14.5 Å². The van der Waals surface area contributed by atoms with Crippen LogP contribution in [0.5, 0.6) is 0 Å². The normalized spacial score (nSPS) is 23.1. The van der Waals surface area contributed by atoms with Crippen LogP contribution in [0.3, 0.4) is 0 Å². The van der Waals surface area contributed by atoms with Crippen molar-refractivity contribution in [3.05, 3.63) is 46.5 Å². The van der Waals surface area contributed by atoms with Gasteiger partial charge in [0.2, 0.25) is 11.9 Å². The zero-order valence-electron chi connectivity index (χ0n) is 15.5. The number of carboxylic acid groups (broad SMARTS) is 1. The second-order valence-electron chi connectivity index (χ2n) is 7.17. The molecule has 1 aliphatic carbocycles. The van der Waals surface area contributed by atoms with E-state index in [1.807, 2.05) is 11.6 Å². The van der Waals surface area contributed by atoms with Crippen LogP contribution in [0.4, 0.5) is 5.69 Å². The minimum absolute atomic E-state index is 0.253. The number of carbonyl (C=O) groups excluding carboxylic acids is 1. The molecule has 0 spiro atoms. The Morgan fingerprint density at radius 1 is 1.28 bits per heavy atom. The lowest BCUT2D eigenvalue weighted by Gasteiger charge is -2.20. The van der Waals surface area contributed by atoms with E-state index >= 15 is 0 Å². The fourth-order valence-corrected chi connectivity index (χ4v) is 4.29. The Balaban J connectivity index is 1.51. The summed E-state index contributed by atoms with van der Waals surface area (Å²) in [5.41, 5.74) is 1.36. The summed E-state index contributed by atoms with van der Waals surface area (Å²) < 4.78 is 1.84. The number of halogens is 2. The number of carbonyl (C=O) groups is 2. The summed E-state index contributed by atoms with van der Waals surface area (Å²) in [4.78, 5) is 34.8. The predicted molar refractivity (Wildman–Crippen MR) is 109 cm³/mol. The molecule has 3 unspecified atom stereocenters. The number of hydrogen-bond acceptors (Lipinski definition) is 5. The number of benzene rings is 1. The Labute approximate surface area is 177 Å². The molecule has 1 aliphatic heterocycles. The number of aromatic nitrogens is 2. The standard InChI is InChI=1S/C19H19Cl2N5O3/c1-25-9-22-8-10(25)7-11-14(15(11)18(28)29)17(27)26-6-5-23-19(26)24-16-12(20)3-2-4-13(16)21/h2-4,8-9,11,14-15H,5-7H2,1H3,(H,23,24)(H,28,29). The minimum Gasteiger partial charge on any atom is -0.481 e. The van der Waals surface area contributed by atoms with E-state index in [1.165, 1.54) is 4.90 Å². The Hall–Kier alpha value is -2.58. The number of rotatable bonds is 5. The second-order valence-corrected chi connectivity index (χ2v) is 7.98. The van der Waals surface area contributed by atoms with Crippen LogP contribution in [0.15, 0.2) is 35.7 Å². The molecule has 1 saturated carbocycles. The van der Waals surface area contributed by atoms with Crippen LogP contribution in [0.25, 0.3) is 0 Å². The zero-order valence-corrected chi connectivity index (χ0v) is 17.1. The monoisotopic (exact) mass is 435 g/mol. The molecule has 29 heavy (non-hydrogen) atoms. The number of para-hydroxylation sites is 1. The highest BCUT2D eigenvalue weighted by molar-refractivity contribution is 6.39. The lowest BCUT2D eigenvalue weighted by atomic mass is 10.2. The topological polar surface area (TPSA) is 99.8 Å². The molecular weight excluding hydrogens is 417 g/mol. The number of guanidine groups is 1. The Morgan fingerprint density at radius 3 is 2.62 bits per heavy atom. The van der Waals surface area contributed by atoms with Crippen molar-refractivity contribution in [1.29, 1.82) is 0 Å². The number of imidazole rings is 1. The van der Waals surface area contributed by atoms with Crippen LogP contribution in [0, 0.1) is 17.8 Å². The van der Waals surface area contributed by atoms with Crippen LogP contribution >= 0.6 is 23.2 Å². The maximum atomic E-state index is 13.2. The van der Waals surface area contributed by atoms with Gasteiger partial charge in [-0.05, 0) is 24.5 Å². The van der Waals surface area contributed by atoms with E-state index in [0.717, 1.165) is 5.69 Å². The van der Waals surface area contributed by atoms with E-state index in [4.69, 9.17) is 23.2 Å². The van der Waals surface area contributed by atoms with Crippen molar-refractivity contribution in [2.45, 2.75) is 6.42 Å². The molecule has 152 valence electrons. The number of hydrogen-bond donors (Lipinski definition) is 2. The van der Waals surface area contributed by atoms with Crippen molar-refractivity contribution in [3.8, 4) is 0 Å². The van der Waals surface area contributed by atoms with Gasteiger partial charge in [-0.25, -0.2) is 4.98 Å². The molecular formula is C19H19Cl2N5O3. The molecule has 2 aromatic rings. The molecule has 1 amide bonds. The smallest absolute Gasteiger partial charge is 0.307 e. The largest absolute Gasteiger partial charge is 0.481 e. The summed E-state index contributed by atoms with van der Waals surface area (Å²) in [6.45, 7) is 0.803. The van der Waals surface area contributed by atoms with Crippen molar-refractivity contribution < 1.29 is 14.7 Å². The average molecular weight is 436 g/mol. The number of nitrogens with zero attached hydrogens (tertiary/aromatic N) is 4. The van der Waals surface area contributed by atoms with Crippen LogP contribution in [0.2, 0.25) is 10.0 Å². The summed E-state index contributed by atoms with van der Waals surface area (Å²) >= 11 is 12.4. The molecule has 1 aromatic carbocycles. The third kappa shape index (κ3) is 3.70. The maximum Gasteiger partial charge on any atom is 0.307 e. The Morgan fingerprint density at radius 2 is 2.00 bits per heavy atom. The maximum absolute atomic E-state index is 13.2. The van der Waals surface area contributed by atoms with Gasteiger partial charge in [-0.1, -0.05) is 29.3 Å². The first-order valence-electron chi connectivity index (χ1n) is 9.13. The Kier molecular flexibility index (Phi) is 5.23. The van der Waals surface area contributed by atoms with Gasteiger partial charge in [0.1, 0.15) is 0 Å². The zero-order chi connectivity index (χ0) is 20.7. The van der Waals surface area contributed by atoms with Crippen molar-refractivity contribution in [2.24, 2.45) is 29.8 Å². The number of aliphatic carboxylic acids is 1. The third-order valence-corrected chi connectivity index (χ3v) is 6.04. The van der Waals surface area contributed by atoms with E-state index in [9.17, 15) is 14.7 Å². The molecule has 2 heterocycles. The van der Waals surface area contributed by atoms with Gasteiger partial charge < -0.3 is 15.0 Å². The minimum atomic E-state index is -0.963.